The Morgan fingerprint density at radius 3 is 2.83 bits per heavy atom. The van der Waals surface area contributed by atoms with E-state index in [-0.39, 0.29) is 6.61 Å². The molecular weight excluding hydrogens is 258 g/mol. The highest BCUT2D eigenvalue weighted by Crippen LogP contribution is 2.40. The molecule has 0 spiro atoms. The molecule has 1 N–H and O–H groups in total. The Morgan fingerprint density at radius 1 is 1.22 bits per heavy atom. The standard InChI is InChI=1S/C12H10ClNO4/c13-9-3-7(10-5-8(6-15)18-14-10)4-11-12(9)17-2-1-16-11/h3-5,15H,1-2,6H2. The molecule has 0 amide bonds. The van der Waals surface area contributed by atoms with Crippen LogP contribution in [0.2, 0.25) is 5.02 Å². The lowest BCUT2D eigenvalue weighted by molar-refractivity contribution is 0.172. The van der Waals surface area contributed by atoms with Crippen LogP contribution in [0.5, 0.6) is 11.5 Å². The van der Waals surface area contributed by atoms with Gasteiger partial charge in [0.05, 0.1) is 5.02 Å². The molecule has 0 saturated carbocycles. The average molecular weight is 268 g/mol. The summed E-state index contributed by atoms with van der Waals surface area (Å²) in [6, 6.07) is 5.18. The summed E-state index contributed by atoms with van der Waals surface area (Å²) in [6.07, 6.45) is 0. The number of aliphatic hydroxyl groups is 1. The van der Waals surface area contributed by atoms with E-state index < -0.39 is 0 Å². The number of hydrogen-bond acceptors (Lipinski definition) is 5. The molecule has 3 rings (SSSR count). The maximum Gasteiger partial charge on any atom is 0.179 e. The lowest BCUT2D eigenvalue weighted by atomic mass is 10.1. The minimum Gasteiger partial charge on any atom is -0.486 e. The van der Waals surface area contributed by atoms with Gasteiger partial charge in [-0.15, -0.1) is 0 Å². The van der Waals surface area contributed by atoms with Gasteiger partial charge in [0, 0.05) is 11.6 Å². The van der Waals surface area contributed by atoms with Crippen LogP contribution < -0.4 is 9.47 Å². The Labute approximate surface area is 108 Å². The summed E-state index contributed by atoms with van der Waals surface area (Å²) in [4.78, 5) is 0. The van der Waals surface area contributed by atoms with E-state index in [4.69, 9.17) is 30.7 Å². The van der Waals surface area contributed by atoms with Gasteiger partial charge in [0.1, 0.15) is 25.5 Å². The summed E-state index contributed by atoms with van der Waals surface area (Å²) in [5, 5.41) is 13.3. The van der Waals surface area contributed by atoms with E-state index in [1.807, 2.05) is 0 Å². The van der Waals surface area contributed by atoms with Crippen LogP contribution in [0.4, 0.5) is 0 Å². The lowest BCUT2D eigenvalue weighted by Crippen LogP contribution is -2.15. The van der Waals surface area contributed by atoms with Crippen molar-refractivity contribution in [3.63, 3.8) is 0 Å². The number of fused-ring (bicyclic) bond motifs is 1. The molecule has 1 aromatic carbocycles. The summed E-state index contributed by atoms with van der Waals surface area (Å²) < 4.78 is 15.9. The third kappa shape index (κ3) is 1.91. The first-order chi connectivity index (χ1) is 8.78. The molecule has 5 nitrogen and oxygen atoms in total. The van der Waals surface area contributed by atoms with Crippen LogP contribution in [0.1, 0.15) is 5.76 Å². The van der Waals surface area contributed by atoms with Gasteiger partial charge in [0.15, 0.2) is 17.3 Å². The second kappa shape index (κ2) is 4.51. The molecule has 0 saturated heterocycles. The van der Waals surface area contributed by atoms with Crippen molar-refractivity contribution < 1.29 is 19.1 Å². The molecule has 1 aliphatic heterocycles. The maximum absolute atomic E-state index is 8.94. The van der Waals surface area contributed by atoms with Crippen LogP contribution in [0.25, 0.3) is 11.3 Å². The van der Waals surface area contributed by atoms with Crippen molar-refractivity contribution in [2.75, 3.05) is 13.2 Å². The van der Waals surface area contributed by atoms with Crippen LogP contribution in [0.3, 0.4) is 0 Å². The van der Waals surface area contributed by atoms with E-state index in [1.54, 1.807) is 18.2 Å². The zero-order valence-corrected chi connectivity index (χ0v) is 10.1. The predicted molar refractivity (Wildman–Crippen MR) is 63.9 cm³/mol. The normalized spacial score (nSPS) is 13.7. The van der Waals surface area contributed by atoms with Gasteiger partial charge in [0.2, 0.25) is 0 Å². The predicted octanol–water partition coefficient (Wildman–Crippen LogP) is 2.26. The highest BCUT2D eigenvalue weighted by molar-refractivity contribution is 6.32. The van der Waals surface area contributed by atoms with E-state index in [2.05, 4.69) is 5.16 Å². The molecule has 0 bridgehead atoms. The fourth-order valence-corrected chi connectivity index (χ4v) is 2.05. The number of ether oxygens (including phenoxy) is 2. The minimum absolute atomic E-state index is 0.189. The Morgan fingerprint density at radius 2 is 2.06 bits per heavy atom. The summed E-state index contributed by atoms with van der Waals surface area (Å²) >= 11 is 6.13. The molecule has 0 aliphatic carbocycles. The second-order valence-corrected chi connectivity index (χ2v) is 4.23. The van der Waals surface area contributed by atoms with Crippen molar-refractivity contribution in [1.29, 1.82) is 0 Å². The van der Waals surface area contributed by atoms with E-state index >= 15 is 0 Å². The monoisotopic (exact) mass is 267 g/mol. The van der Waals surface area contributed by atoms with E-state index in [1.165, 1.54) is 0 Å². The maximum atomic E-state index is 8.94. The van der Waals surface area contributed by atoms with Crippen LogP contribution in [0, 0.1) is 0 Å². The fraction of sp³-hybridized carbons (Fsp3) is 0.250. The van der Waals surface area contributed by atoms with Gasteiger partial charge in [-0.25, -0.2) is 0 Å². The van der Waals surface area contributed by atoms with Crippen molar-refractivity contribution in [2.24, 2.45) is 0 Å². The van der Waals surface area contributed by atoms with Gasteiger partial charge < -0.3 is 19.1 Å². The molecule has 0 atom stereocenters. The van der Waals surface area contributed by atoms with Crippen LogP contribution in [-0.2, 0) is 6.61 Å². The molecule has 94 valence electrons. The number of aliphatic hydroxyl groups excluding tert-OH is 1. The van der Waals surface area contributed by atoms with E-state index in [0.717, 1.165) is 5.56 Å². The highest BCUT2D eigenvalue weighted by Gasteiger charge is 2.18. The van der Waals surface area contributed by atoms with Crippen LogP contribution in [0.15, 0.2) is 22.7 Å². The Kier molecular flexibility index (Phi) is 2.85. The van der Waals surface area contributed by atoms with Crippen molar-refractivity contribution in [2.45, 2.75) is 6.61 Å². The number of rotatable bonds is 2. The Hall–Kier alpha value is -1.72. The summed E-state index contributed by atoms with van der Waals surface area (Å²) in [7, 11) is 0. The third-order valence-electron chi connectivity index (χ3n) is 2.61. The van der Waals surface area contributed by atoms with E-state index in [9.17, 15) is 0 Å². The van der Waals surface area contributed by atoms with Gasteiger partial charge in [-0.1, -0.05) is 16.8 Å². The molecule has 2 aromatic rings. The Bertz CT molecular complexity index is 581. The quantitative estimate of drug-likeness (QED) is 0.904. The summed E-state index contributed by atoms with van der Waals surface area (Å²) in [5.74, 6) is 1.55. The van der Waals surface area contributed by atoms with Crippen molar-refractivity contribution in [3.05, 3.63) is 29.0 Å². The highest BCUT2D eigenvalue weighted by atomic mass is 35.5. The minimum atomic E-state index is -0.189. The summed E-state index contributed by atoms with van der Waals surface area (Å²) in [6.45, 7) is 0.795. The van der Waals surface area contributed by atoms with Crippen LogP contribution >= 0.6 is 11.6 Å². The van der Waals surface area contributed by atoms with Crippen LogP contribution in [-0.4, -0.2) is 23.5 Å². The smallest absolute Gasteiger partial charge is 0.179 e. The summed E-state index contributed by atoms with van der Waals surface area (Å²) in [5.41, 5.74) is 1.35. The van der Waals surface area contributed by atoms with Gasteiger partial charge in [-0.05, 0) is 12.1 Å². The van der Waals surface area contributed by atoms with Crippen molar-refractivity contribution in [1.82, 2.24) is 5.16 Å². The van der Waals surface area contributed by atoms with Gasteiger partial charge in [-0.2, -0.15) is 0 Å². The molecular formula is C12H10ClNO4. The molecule has 0 fully saturated rings. The molecule has 18 heavy (non-hydrogen) atoms. The molecule has 6 heteroatoms. The number of nitrogens with zero attached hydrogens (tertiary/aromatic N) is 1. The lowest BCUT2D eigenvalue weighted by Gasteiger charge is -2.19. The largest absolute Gasteiger partial charge is 0.486 e. The number of hydrogen-bond donors (Lipinski definition) is 1. The first kappa shape index (κ1) is 11.4. The van der Waals surface area contributed by atoms with Gasteiger partial charge in [0.25, 0.3) is 0 Å². The van der Waals surface area contributed by atoms with Gasteiger partial charge >= 0.3 is 0 Å². The van der Waals surface area contributed by atoms with E-state index in [0.29, 0.717) is 41.2 Å². The third-order valence-corrected chi connectivity index (χ3v) is 2.89. The van der Waals surface area contributed by atoms with Gasteiger partial charge in [-0.3, -0.25) is 0 Å². The fourth-order valence-electron chi connectivity index (χ4n) is 1.78. The Balaban J connectivity index is 2.04. The average Bonchev–Trinajstić information content (AvgIpc) is 2.87. The molecule has 2 heterocycles. The number of halogens is 1. The molecule has 0 unspecified atom stereocenters. The van der Waals surface area contributed by atoms with Crippen molar-refractivity contribution >= 4 is 11.6 Å². The second-order valence-electron chi connectivity index (χ2n) is 3.82. The SMILES string of the molecule is OCc1cc(-c2cc(Cl)c3c(c2)OCCO3)no1. The topological polar surface area (TPSA) is 64.7 Å². The zero-order chi connectivity index (χ0) is 12.5. The molecule has 1 aromatic heterocycles. The number of aromatic nitrogens is 1. The first-order valence-corrected chi connectivity index (χ1v) is 5.81. The molecule has 0 radical (unpaired) electrons. The van der Waals surface area contributed by atoms with Crippen molar-refractivity contribution in [3.8, 4) is 22.8 Å². The molecule has 1 aliphatic rings. The number of benzene rings is 1. The first-order valence-electron chi connectivity index (χ1n) is 5.44. The zero-order valence-electron chi connectivity index (χ0n) is 9.35.